The highest BCUT2D eigenvalue weighted by atomic mass is 32.2. The predicted molar refractivity (Wildman–Crippen MR) is 73.9 cm³/mol. The van der Waals surface area contributed by atoms with Gasteiger partial charge in [0.15, 0.2) is 0 Å². The molecule has 0 aromatic heterocycles. The van der Waals surface area contributed by atoms with Crippen molar-refractivity contribution in [2.24, 2.45) is 0 Å². The van der Waals surface area contributed by atoms with Gasteiger partial charge in [0.2, 0.25) is 5.91 Å². The van der Waals surface area contributed by atoms with Gasteiger partial charge in [-0.3, -0.25) is 9.00 Å². The van der Waals surface area contributed by atoms with Gasteiger partial charge in [-0.15, -0.1) is 0 Å². The van der Waals surface area contributed by atoms with Gasteiger partial charge >= 0.3 is 0 Å². The number of hydrogen-bond donors (Lipinski definition) is 1. The van der Waals surface area contributed by atoms with Crippen LogP contribution in [0.25, 0.3) is 0 Å². The fourth-order valence-corrected chi connectivity index (χ4v) is 4.74. The SMILES string of the molecule is CNC1CCCCC1S(=O)CC(=O)N1CCCC1. The fourth-order valence-electron chi connectivity index (χ4n) is 3.03. The first-order chi connectivity index (χ1) is 8.72. The number of rotatable bonds is 4. The van der Waals surface area contributed by atoms with Crippen LogP contribution in [0.1, 0.15) is 38.5 Å². The standard InChI is InChI=1S/C13H24N2O2S/c1-14-11-6-2-3-7-12(11)18(17)10-13(16)15-8-4-5-9-15/h11-12,14H,2-10H2,1H3. The molecule has 0 radical (unpaired) electrons. The number of carbonyl (C=O) groups is 1. The van der Waals surface area contributed by atoms with Crippen molar-refractivity contribution in [2.75, 3.05) is 25.9 Å². The van der Waals surface area contributed by atoms with E-state index in [2.05, 4.69) is 5.32 Å². The van der Waals surface area contributed by atoms with Crippen LogP contribution in [-0.4, -0.2) is 52.2 Å². The molecule has 2 fully saturated rings. The molecule has 0 bridgehead atoms. The Morgan fingerprint density at radius 2 is 1.89 bits per heavy atom. The number of likely N-dealkylation sites (tertiary alicyclic amines) is 1. The normalized spacial score (nSPS) is 30.4. The van der Waals surface area contributed by atoms with Crippen LogP contribution in [0.5, 0.6) is 0 Å². The first-order valence-electron chi connectivity index (χ1n) is 7.04. The number of carbonyl (C=O) groups excluding carboxylic acids is 1. The lowest BCUT2D eigenvalue weighted by Gasteiger charge is -2.30. The van der Waals surface area contributed by atoms with Crippen LogP contribution in [0.4, 0.5) is 0 Å². The smallest absolute Gasteiger partial charge is 0.235 e. The van der Waals surface area contributed by atoms with Crippen molar-refractivity contribution < 1.29 is 9.00 Å². The summed E-state index contributed by atoms with van der Waals surface area (Å²) in [6.45, 7) is 1.71. The lowest BCUT2D eigenvalue weighted by atomic mass is 9.95. The van der Waals surface area contributed by atoms with Crippen LogP contribution in [0, 0.1) is 0 Å². The van der Waals surface area contributed by atoms with E-state index in [9.17, 15) is 9.00 Å². The molecule has 1 heterocycles. The molecular weight excluding hydrogens is 248 g/mol. The molecule has 3 atom stereocenters. The molecule has 1 saturated carbocycles. The van der Waals surface area contributed by atoms with Crippen molar-refractivity contribution >= 4 is 16.7 Å². The monoisotopic (exact) mass is 272 g/mol. The molecule has 2 aliphatic rings. The zero-order chi connectivity index (χ0) is 13.0. The Hall–Kier alpha value is -0.420. The van der Waals surface area contributed by atoms with E-state index in [1.807, 2.05) is 11.9 Å². The molecule has 0 aromatic rings. The largest absolute Gasteiger partial charge is 0.342 e. The first-order valence-corrected chi connectivity index (χ1v) is 8.43. The van der Waals surface area contributed by atoms with Crippen LogP contribution < -0.4 is 5.32 Å². The molecular formula is C13H24N2O2S. The summed E-state index contributed by atoms with van der Waals surface area (Å²) in [5.74, 6) is 0.314. The van der Waals surface area contributed by atoms with Gasteiger partial charge in [0.1, 0.15) is 5.75 Å². The molecule has 0 spiro atoms. The van der Waals surface area contributed by atoms with E-state index in [1.54, 1.807) is 0 Å². The van der Waals surface area contributed by atoms with Gasteiger partial charge < -0.3 is 10.2 Å². The molecule has 18 heavy (non-hydrogen) atoms. The van der Waals surface area contributed by atoms with Crippen molar-refractivity contribution in [3.8, 4) is 0 Å². The van der Waals surface area contributed by atoms with E-state index >= 15 is 0 Å². The van der Waals surface area contributed by atoms with E-state index in [4.69, 9.17) is 0 Å². The van der Waals surface area contributed by atoms with Crippen LogP contribution in [0.2, 0.25) is 0 Å². The molecule has 4 nitrogen and oxygen atoms in total. The topological polar surface area (TPSA) is 49.4 Å². The van der Waals surface area contributed by atoms with Gasteiger partial charge in [0.25, 0.3) is 0 Å². The second kappa shape index (κ2) is 6.66. The third-order valence-electron chi connectivity index (χ3n) is 4.14. The highest BCUT2D eigenvalue weighted by Crippen LogP contribution is 2.23. The Kier molecular flexibility index (Phi) is 5.18. The van der Waals surface area contributed by atoms with Gasteiger partial charge in [-0.2, -0.15) is 0 Å². The fraction of sp³-hybridized carbons (Fsp3) is 0.923. The minimum atomic E-state index is -1.02. The summed E-state index contributed by atoms with van der Waals surface area (Å²) in [4.78, 5) is 13.9. The predicted octanol–water partition coefficient (Wildman–Crippen LogP) is 0.888. The first kappa shape index (κ1) is 14.0. The number of nitrogens with one attached hydrogen (secondary N) is 1. The Morgan fingerprint density at radius 3 is 2.56 bits per heavy atom. The molecule has 104 valence electrons. The Balaban J connectivity index is 1.87. The molecule has 0 aromatic carbocycles. The molecule has 2 rings (SSSR count). The van der Waals surface area contributed by atoms with Crippen molar-refractivity contribution in [3.63, 3.8) is 0 Å². The van der Waals surface area contributed by atoms with Crippen molar-refractivity contribution in [2.45, 2.75) is 49.8 Å². The Bertz CT molecular complexity index is 316. The van der Waals surface area contributed by atoms with Crippen molar-refractivity contribution in [1.29, 1.82) is 0 Å². The third-order valence-corrected chi connectivity index (χ3v) is 5.91. The summed E-state index contributed by atoms with van der Waals surface area (Å²) in [6.07, 6.45) is 6.63. The molecule has 1 saturated heterocycles. The maximum atomic E-state index is 12.4. The zero-order valence-corrected chi connectivity index (χ0v) is 12.0. The van der Waals surface area contributed by atoms with Gasteiger partial charge in [0.05, 0.1) is 5.25 Å². The molecule has 3 unspecified atom stereocenters. The maximum Gasteiger partial charge on any atom is 0.235 e. The minimum absolute atomic E-state index is 0.0891. The summed E-state index contributed by atoms with van der Waals surface area (Å²) in [5, 5.41) is 3.42. The van der Waals surface area contributed by atoms with Crippen LogP contribution >= 0.6 is 0 Å². The number of amides is 1. The van der Waals surface area contributed by atoms with E-state index < -0.39 is 10.8 Å². The molecule has 1 N–H and O–H groups in total. The summed E-state index contributed by atoms with van der Waals surface area (Å²) >= 11 is 0. The Labute approximate surface area is 112 Å². The Morgan fingerprint density at radius 1 is 1.22 bits per heavy atom. The molecule has 5 heteroatoms. The summed E-state index contributed by atoms with van der Waals surface area (Å²) < 4.78 is 12.4. The zero-order valence-electron chi connectivity index (χ0n) is 11.2. The quantitative estimate of drug-likeness (QED) is 0.827. The second-order valence-electron chi connectivity index (χ2n) is 5.33. The highest BCUT2D eigenvalue weighted by molar-refractivity contribution is 7.86. The van der Waals surface area contributed by atoms with Gasteiger partial charge in [0, 0.05) is 29.9 Å². The lowest BCUT2D eigenvalue weighted by Crippen LogP contribution is -2.45. The number of nitrogens with zero attached hydrogens (tertiary/aromatic N) is 1. The second-order valence-corrected chi connectivity index (χ2v) is 6.99. The molecule has 1 aliphatic heterocycles. The van der Waals surface area contributed by atoms with Crippen LogP contribution in [0.3, 0.4) is 0 Å². The maximum absolute atomic E-state index is 12.4. The van der Waals surface area contributed by atoms with E-state index in [0.717, 1.165) is 45.2 Å². The minimum Gasteiger partial charge on any atom is -0.342 e. The van der Waals surface area contributed by atoms with Crippen LogP contribution in [-0.2, 0) is 15.6 Å². The van der Waals surface area contributed by atoms with Crippen LogP contribution in [0.15, 0.2) is 0 Å². The van der Waals surface area contributed by atoms with Gasteiger partial charge in [-0.1, -0.05) is 12.8 Å². The average Bonchev–Trinajstić information content (AvgIpc) is 2.92. The third kappa shape index (κ3) is 3.32. The van der Waals surface area contributed by atoms with E-state index in [1.165, 1.54) is 6.42 Å². The highest BCUT2D eigenvalue weighted by Gasteiger charge is 2.31. The molecule has 1 aliphatic carbocycles. The van der Waals surface area contributed by atoms with Gasteiger partial charge in [-0.05, 0) is 32.7 Å². The number of hydrogen-bond acceptors (Lipinski definition) is 3. The average molecular weight is 272 g/mol. The van der Waals surface area contributed by atoms with E-state index in [0.29, 0.717) is 6.04 Å². The summed E-state index contributed by atoms with van der Waals surface area (Å²) in [6, 6.07) is 0.325. The summed E-state index contributed by atoms with van der Waals surface area (Å²) in [5.41, 5.74) is 0. The summed E-state index contributed by atoms with van der Waals surface area (Å²) in [7, 11) is 0.917. The van der Waals surface area contributed by atoms with Crippen molar-refractivity contribution in [1.82, 2.24) is 10.2 Å². The van der Waals surface area contributed by atoms with Gasteiger partial charge in [-0.25, -0.2) is 0 Å². The lowest BCUT2D eigenvalue weighted by molar-refractivity contribution is -0.127. The van der Waals surface area contributed by atoms with Crippen molar-refractivity contribution in [3.05, 3.63) is 0 Å². The van der Waals surface area contributed by atoms with E-state index in [-0.39, 0.29) is 16.9 Å². The molecule has 1 amide bonds.